The molecule has 1 fully saturated rings. The van der Waals surface area contributed by atoms with Gasteiger partial charge in [0.15, 0.2) is 11.5 Å². The molecule has 0 saturated carbocycles. The monoisotopic (exact) mass is 377 g/mol. The Hall–Kier alpha value is -3.06. The molecule has 5 rings (SSSR count). The third-order valence-corrected chi connectivity index (χ3v) is 5.27. The average molecular weight is 377 g/mol. The summed E-state index contributed by atoms with van der Waals surface area (Å²) in [6.07, 6.45) is 0. The Labute approximate surface area is 163 Å². The van der Waals surface area contributed by atoms with Crippen LogP contribution in [0.1, 0.15) is 5.56 Å². The first kappa shape index (κ1) is 17.1. The summed E-state index contributed by atoms with van der Waals surface area (Å²) in [6.45, 7) is 4.87. The molecule has 3 heterocycles. The summed E-state index contributed by atoms with van der Waals surface area (Å²) < 4.78 is 10.9. The fourth-order valence-electron chi connectivity index (χ4n) is 3.58. The molecule has 7 heteroatoms. The van der Waals surface area contributed by atoms with Crippen molar-refractivity contribution in [2.24, 2.45) is 0 Å². The van der Waals surface area contributed by atoms with E-state index in [-0.39, 0.29) is 6.79 Å². The van der Waals surface area contributed by atoms with Crippen molar-refractivity contribution in [3.63, 3.8) is 0 Å². The minimum Gasteiger partial charge on any atom is -0.454 e. The van der Waals surface area contributed by atoms with Crippen molar-refractivity contribution in [2.45, 2.75) is 6.54 Å². The lowest BCUT2D eigenvalue weighted by atomic mass is 10.2. The molecule has 0 amide bonds. The summed E-state index contributed by atoms with van der Waals surface area (Å²) in [5.41, 5.74) is 2.08. The number of hydrogen-bond donors (Lipinski definition) is 1. The number of nitrogens with zero attached hydrogens (tertiary/aromatic N) is 4. The molecule has 0 spiro atoms. The number of ether oxygens (including phenoxy) is 2. The van der Waals surface area contributed by atoms with Gasteiger partial charge in [-0.3, -0.25) is 0 Å². The normalized spacial score (nSPS) is 16.5. The van der Waals surface area contributed by atoms with Crippen molar-refractivity contribution in [1.29, 1.82) is 0 Å². The lowest BCUT2D eigenvalue weighted by Crippen LogP contribution is -2.45. The molecule has 0 atom stereocenters. The van der Waals surface area contributed by atoms with E-state index >= 15 is 0 Å². The molecule has 1 N–H and O–H groups in total. The number of aromatic nitrogens is 2. The second-order valence-electron chi connectivity index (χ2n) is 7.22. The molecule has 7 nitrogen and oxygen atoms in total. The molecule has 144 valence electrons. The van der Waals surface area contributed by atoms with Crippen LogP contribution in [0.25, 0.3) is 10.9 Å². The molecule has 0 radical (unpaired) electrons. The van der Waals surface area contributed by atoms with Crippen LogP contribution in [0.2, 0.25) is 0 Å². The number of likely N-dealkylation sites (N-methyl/N-ethyl adjacent to an activating group) is 1. The van der Waals surface area contributed by atoms with Crippen LogP contribution in [-0.4, -0.2) is 54.9 Å². The van der Waals surface area contributed by atoms with Crippen LogP contribution in [-0.2, 0) is 6.54 Å². The molecular weight excluding hydrogens is 354 g/mol. The van der Waals surface area contributed by atoms with Gasteiger partial charge >= 0.3 is 0 Å². The number of benzene rings is 2. The van der Waals surface area contributed by atoms with E-state index in [2.05, 4.69) is 28.2 Å². The van der Waals surface area contributed by atoms with Gasteiger partial charge in [0.05, 0.1) is 5.52 Å². The highest BCUT2D eigenvalue weighted by Crippen LogP contribution is 2.33. The number of para-hydroxylation sites is 1. The maximum absolute atomic E-state index is 5.48. The zero-order valence-electron chi connectivity index (χ0n) is 15.9. The van der Waals surface area contributed by atoms with Gasteiger partial charge in [-0.2, -0.15) is 4.98 Å². The van der Waals surface area contributed by atoms with Crippen LogP contribution < -0.4 is 19.7 Å². The van der Waals surface area contributed by atoms with Gasteiger partial charge in [0.2, 0.25) is 12.7 Å². The minimum atomic E-state index is 0.289. The summed E-state index contributed by atoms with van der Waals surface area (Å²) >= 11 is 0. The fraction of sp³-hybridized carbons (Fsp3) is 0.333. The summed E-state index contributed by atoms with van der Waals surface area (Å²) in [5.74, 6) is 3.25. The van der Waals surface area contributed by atoms with E-state index in [9.17, 15) is 0 Å². The third kappa shape index (κ3) is 3.29. The molecule has 28 heavy (non-hydrogen) atoms. The van der Waals surface area contributed by atoms with Crippen molar-refractivity contribution in [3.05, 3.63) is 48.0 Å². The van der Waals surface area contributed by atoms with Crippen molar-refractivity contribution < 1.29 is 9.47 Å². The average Bonchev–Trinajstić information content (AvgIpc) is 3.20. The highest BCUT2D eigenvalue weighted by atomic mass is 16.7. The number of rotatable bonds is 4. The highest BCUT2D eigenvalue weighted by Gasteiger charge is 2.19. The van der Waals surface area contributed by atoms with E-state index in [1.807, 2.05) is 36.4 Å². The van der Waals surface area contributed by atoms with Gasteiger partial charge in [-0.25, -0.2) is 4.98 Å². The molecular formula is C21H23N5O2. The Morgan fingerprint density at radius 2 is 1.79 bits per heavy atom. The maximum atomic E-state index is 5.48. The van der Waals surface area contributed by atoms with Crippen molar-refractivity contribution in [2.75, 3.05) is 50.2 Å². The molecule has 0 bridgehead atoms. The summed E-state index contributed by atoms with van der Waals surface area (Å²) in [7, 11) is 2.15. The van der Waals surface area contributed by atoms with Gasteiger partial charge in [-0.15, -0.1) is 0 Å². The first-order chi connectivity index (χ1) is 13.8. The van der Waals surface area contributed by atoms with Gasteiger partial charge in [0.1, 0.15) is 5.82 Å². The predicted molar refractivity (Wildman–Crippen MR) is 109 cm³/mol. The van der Waals surface area contributed by atoms with E-state index in [1.165, 1.54) is 0 Å². The SMILES string of the molecule is CN1CCN(c2nc(NCc3ccc4c(c3)OCO4)c3ccccc3n2)CC1. The van der Waals surface area contributed by atoms with Crippen molar-refractivity contribution in [1.82, 2.24) is 14.9 Å². The first-order valence-electron chi connectivity index (χ1n) is 9.59. The minimum absolute atomic E-state index is 0.289. The second-order valence-corrected chi connectivity index (χ2v) is 7.22. The fourth-order valence-corrected chi connectivity index (χ4v) is 3.58. The summed E-state index contributed by atoms with van der Waals surface area (Å²) in [6, 6.07) is 14.2. The maximum Gasteiger partial charge on any atom is 0.231 e. The van der Waals surface area contributed by atoms with Crippen LogP contribution in [0.15, 0.2) is 42.5 Å². The lowest BCUT2D eigenvalue weighted by Gasteiger charge is -2.32. The van der Waals surface area contributed by atoms with Gasteiger partial charge in [-0.05, 0) is 36.9 Å². The number of piperazine rings is 1. The second kappa shape index (κ2) is 7.16. The van der Waals surface area contributed by atoms with Crippen LogP contribution in [0.4, 0.5) is 11.8 Å². The largest absolute Gasteiger partial charge is 0.454 e. The van der Waals surface area contributed by atoms with Gasteiger partial charge < -0.3 is 24.6 Å². The third-order valence-electron chi connectivity index (χ3n) is 5.27. The quantitative estimate of drug-likeness (QED) is 0.750. The van der Waals surface area contributed by atoms with Crippen LogP contribution >= 0.6 is 0 Å². The predicted octanol–water partition coefficient (Wildman–Crippen LogP) is 2.72. The van der Waals surface area contributed by atoms with Gasteiger partial charge in [0, 0.05) is 38.1 Å². The van der Waals surface area contributed by atoms with E-state index < -0.39 is 0 Å². The number of nitrogens with one attached hydrogen (secondary N) is 1. The number of anilines is 2. The van der Waals surface area contributed by atoms with Crippen LogP contribution in [0.3, 0.4) is 0 Å². The van der Waals surface area contributed by atoms with E-state index in [0.717, 1.165) is 65.9 Å². The smallest absolute Gasteiger partial charge is 0.231 e. The Morgan fingerprint density at radius 3 is 2.68 bits per heavy atom. The summed E-state index contributed by atoms with van der Waals surface area (Å²) in [5, 5.41) is 4.53. The molecule has 2 aliphatic heterocycles. The molecule has 0 unspecified atom stereocenters. The molecule has 1 saturated heterocycles. The zero-order chi connectivity index (χ0) is 18.9. The van der Waals surface area contributed by atoms with Crippen LogP contribution in [0, 0.1) is 0 Å². The zero-order valence-corrected chi connectivity index (χ0v) is 15.9. The number of fused-ring (bicyclic) bond motifs is 2. The summed E-state index contributed by atoms with van der Waals surface area (Å²) in [4.78, 5) is 14.3. The molecule has 2 aromatic carbocycles. The van der Waals surface area contributed by atoms with Crippen LogP contribution in [0.5, 0.6) is 11.5 Å². The van der Waals surface area contributed by atoms with E-state index in [1.54, 1.807) is 0 Å². The molecule has 3 aromatic rings. The Bertz CT molecular complexity index is 1000. The Morgan fingerprint density at radius 1 is 0.964 bits per heavy atom. The Kier molecular flexibility index (Phi) is 4.37. The lowest BCUT2D eigenvalue weighted by molar-refractivity contribution is 0.174. The van der Waals surface area contributed by atoms with E-state index in [0.29, 0.717) is 6.54 Å². The molecule has 0 aliphatic carbocycles. The molecule has 2 aliphatic rings. The molecule has 1 aromatic heterocycles. The topological polar surface area (TPSA) is 62.8 Å². The first-order valence-corrected chi connectivity index (χ1v) is 9.59. The Balaban J connectivity index is 1.42. The standard InChI is InChI=1S/C21H23N5O2/c1-25-8-10-26(11-9-25)21-23-17-5-3-2-4-16(17)20(24-21)22-13-15-6-7-18-19(12-15)28-14-27-18/h2-7,12H,8-11,13-14H2,1H3,(H,22,23,24). The van der Waals surface area contributed by atoms with Crippen molar-refractivity contribution in [3.8, 4) is 11.5 Å². The number of hydrogen-bond acceptors (Lipinski definition) is 7. The van der Waals surface area contributed by atoms with Gasteiger partial charge in [-0.1, -0.05) is 18.2 Å². The van der Waals surface area contributed by atoms with E-state index in [4.69, 9.17) is 19.4 Å². The van der Waals surface area contributed by atoms with Gasteiger partial charge in [0.25, 0.3) is 0 Å². The highest BCUT2D eigenvalue weighted by molar-refractivity contribution is 5.90. The van der Waals surface area contributed by atoms with Crippen molar-refractivity contribution >= 4 is 22.7 Å².